The number of β-amino-alcohol motifs (C(OH)–C–C–N with tert-alkyl or cyclic N) is 1. The molecular formula is C29H39N5O6. The van der Waals surface area contributed by atoms with E-state index in [1.807, 2.05) is 58.0 Å². The number of para-hydroxylation sites is 1. The Bertz CT molecular complexity index is 1260. The van der Waals surface area contributed by atoms with Gasteiger partial charge in [-0.1, -0.05) is 32.0 Å². The first-order valence-corrected chi connectivity index (χ1v) is 13.7. The summed E-state index contributed by atoms with van der Waals surface area (Å²) in [6, 6.07) is 10.6. The Kier molecular flexibility index (Phi) is 9.46. The highest BCUT2D eigenvalue weighted by Crippen LogP contribution is 2.37. The van der Waals surface area contributed by atoms with Crippen LogP contribution in [0.25, 0.3) is 0 Å². The SMILES string of the molecule is COc1cc(C(C(=O)N2C[C@H](O)C[C@H]2c2ncc(C(=O)N(CCCOc3ccccc3)C(C)C)[nH]2)C(C)C)on1. The summed E-state index contributed by atoms with van der Waals surface area (Å²) < 4.78 is 16.3. The first kappa shape index (κ1) is 29.1. The molecule has 216 valence electrons. The number of aromatic amines is 1. The number of benzene rings is 1. The van der Waals surface area contributed by atoms with Gasteiger partial charge in [0, 0.05) is 31.6 Å². The Morgan fingerprint density at radius 3 is 2.62 bits per heavy atom. The maximum Gasteiger partial charge on any atom is 0.272 e. The van der Waals surface area contributed by atoms with Gasteiger partial charge < -0.3 is 33.9 Å². The Morgan fingerprint density at radius 2 is 1.98 bits per heavy atom. The number of likely N-dealkylation sites (tertiary alicyclic amines) is 1. The molecule has 0 saturated carbocycles. The van der Waals surface area contributed by atoms with E-state index in [2.05, 4.69) is 15.1 Å². The van der Waals surface area contributed by atoms with E-state index in [9.17, 15) is 14.7 Å². The van der Waals surface area contributed by atoms with Crippen LogP contribution in [0, 0.1) is 5.92 Å². The van der Waals surface area contributed by atoms with Gasteiger partial charge in [-0.3, -0.25) is 9.59 Å². The van der Waals surface area contributed by atoms with Crippen molar-refractivity contribution in [2.75, 3.05) is 26.8 Å². The normalized spacial score (nSPS) is 17.9. The summed E-state index contributed by atoms with van der Waals surface area (Å²) in [5, 5.41) is 14.4. The number of hydrogen-bond donors (Lipinski definition) is 2. The van der Waals surface area contributed by atoms with Crippen LogP contribution in [-0.2, 0) is 4.79 Å². The molecule has 0 spiro atoms. The fourth-order valence-corrected chi connectivity index (χ4v) is 5.05. The van der Waals surface area contributed by atoms with Crippen molar-refractivity contribution >= 4 is 11.8 Å². The molecule has 3 atom stereocenters. The van der Waals surface area contributed by atoms with E-state index < -0.39 is 18.1 Å². The van der Waals surface area contributed by atoms with Crippen LogP contribution in [0.5, 0.6) is 11.6 Å². The van der Waals surface area contributed by atoms with Crippen LogP contribution >= 0.6 is 0 Å². The first-order chi connectivity index (χ1) is 19.2. The van der Waals surface area contributed by atoms with Gasteiger partial charge in [0.2, 0.25) is 5.91 Å². The molecule has 2 aromatic heterocycles. The summed E-state index contributed by atoms with van der Waals surface area (Å²) in [7, 11) is 1.48. The highest BCUT2D eigenvalue weighted by atomic mass is 16.5. The molecular weight excluding hydrogens is 514 g/mol. The number of rotatable bonds is 12. The van der Waals surface area contributed by atoms with Crippen molar-refractivity contribution in [3.63, 3.8) is 0 Å². The maximum absolute atomic E-state index is 13.8. The van der Waals surface area contributed by atoms with Gasteiger partial charge in [0.25, 0.3) is 11.8 Å². The summed E-state index contributed by atoms with van der Waals surface area (Å²) in [6.07, 6.45) is 1.76. The number of hydrogen-bond acceptors (Lipinski definition) is 8. The fourth-order valence-electron chi connectivity index (χ4n) is 5.05. The van der Waals surface area contributed by atoms with Crippen molar-refractivity contribution in [2.24, 2.45) is 5.92 Å². The molecule has 4 rings (SSSR count). The number of aliphatic hydroxyl groups excluding tert-OH is 1. The monoisotopic (exact) mass is 553 g/mol. The van der Waals surface area contributed by atoms with Crippen molar-refractivity contribution < 1.29 is 28.7 Å². The van der Waals surface area contributed by atoms with Crippen LogP contribution in [0.4, 0.5) is 0 Å². The zero-order valence-electron chi connectivity index (χ0n) is 23.7. The molecule has 1 unspecified atom stereocenters. The molecule has 0 bridgehead atoms. The molecule has 0 radical (unpaired) electrons. The summed E-state index contributed by atoms with van der Waals surface area (Å²) in [6.45, 7) is 8.93. The summed E-state index contributed by atoms with van der Waals surface area (Å²) in [5.41, 5.74) is 0.335. The van der Waals surface area contributed by atoms with Gasteiger partial charge in [0.05, 0.1) is 32.1 Å². The largest absolute Gasteiger partial charge is 0.494 e. The lowest BCUT2D eigenvalue weighted by molar-refractivity contribution is -0.135. The molecule has 11 heteroatoms. The molecule has 40 heavy (non-hydrogen) atoms. The van der Waals surface area contributed by atoms with Gasteiger partial charge in [-0.05, 0) is 43.5 Å². The second kappa shape index (κ2) is 13.0. The van der Waals surface area contributed by atoms with Crippen LogP contribution in [0.1, 0.15) is 74.6 Å². The van der Waals surface area contributed by atoms with Crippen LogP contribution in [0.3, 0.4) is 0 Å². The summed E-state index contributed by atoms with van der Waals surface area (Å²) in [5.74, 6) is 0.848. The molecule has 1 aliphatic heterocycles. The van der Waals surface area contributed by atoms with Crippen LogP contribution < -0.4 is 9.47 Å². The molecule has 1 fully saturated rings. The number of ether oxygens (including phenoxy) is 2. The van der Waals surface area contributed by atoms with Crippen molar-refractivity contribution in [2.45, 2.75) is 64.6 Å². The second-order valence-electron chi connectivity index (χ2n) is 10.7. The van der Waals surface area contributed by atoms with Gasteiger partial charge in [-0.2, -0.15) is 0 Å². The minimum absolute atomic E-state index is 0.0342. The molecule has 2 N–H and O–H groups in total. The summed E-state index contributed by atoms with van der Waals surface area (Å²) >= 11 is 0. The number of nitrogens with one attached hydrogen (secondary N) is 1. The third kappa shape index (κ3) is 6.64. The van der Waals surface area contributed by atoms with Gasteiger partial charge in [0.15, 0.2) is 5.76 Å². The molecule has 2 amide bonds. The zero-order valence-corrected chi connectivity index (χ0v) is 23.7. The second-order valence-corrected chi connectivity index (χ2v) is 10.7. The number of aromatic nitrogens is 3. The smallest absolute Gasteiger partial charge is 0.272 e. The van der Waals surface area contributed by atoms with Crippen molar-refractivity contribution in [1.29, 1.82) is 0 Å². The van der Waals surface area contributed by atoms with Gasteiger partial charge in [-0.15, -0.1) is 0 Å². The van der Waals surface area contributed by atoms with E-state index in [0.717, 1.165) is 5.75 Å². The number of amides is 2. The lowest BCUT2D eigenvalue weighted by atomic mass is 9.91. The third-order valence-corrected chi connectivity index (χ3v) is 7.10. The summed E-state index contributed by atoms with van der Waals surface area (Å²) in [4.78, 5) is 38.2. The average molecular weight is 554 g/mol. The average Bonchev–Trinajstić information content (AvgIpc) is 3.68. The number of carbonyl (C=O) groups is 2. The predicted octanol–water partition coefficient (Wildman–Crippen LogP) is 3.80. The van der Waals surface area contributed by atoms with E-state index in [1.54, 1.807) is 15.9 Å². The molecule has 11 nitrogen and oxygen atoms in total. The molecule has 0 aliphatic carbocycles. The van der Waals surface area contributed by atoms with Crippen molar-refractivity contribution in [3.8, 4) is 11.6 Å². The topological polar surface area (TPSA) is 134 Å². The van der Waals surface area contributed by atoms with E-state index in [-0.39, 0.29) is 30.3 Å². The molecule has 1 saturated heterocycles. The Labute approximate surface area is 234 Å². The highest BCUT2D eigenvalue weighted by Gasteiger charge is 2.42. The number of aliphatic hydroxyl groups is 1. The highest BCUT2D eigenvalue weighted by molar-refractivity contribution is 5.92. The van der Waals surface area contributed by atoms with E-state index in [0.29, 0.717) is 49.2 Å². The van der Waals surface area contributed by atoms with Crippen LogP contribution in [0.2, 0.25) is 0 Å². The number of H-pyrrole nitrogens is 1. The quantitative estimate of drug-likeness (QED) is 0.324. The molecule has 1 aromatic carbocycles. The zero-order chi connectivity index (χ0) is 28.8. The number of carbonyl (C=O) groups excluding carboxylic acids is 2. The van der Waals surface area contributed by atoms with Gasteiger partial charge >= 0.3 is 0 Å². The van der Waals surface area contributed by atoms with Gasteiger partial charge in [-0.25, -0.2) is 4.98 Å². The van der Waals surface area contributed by atoms with E-state index in [4.69, 9.17) is 14.0 Å². The Hall–Kier alpha value is -3.86. The van der Waals surface area contributed by atoms with Crippen molar-refractivity contribution in [3.05, 3.63) is 59.9 Å². The lowest BCUT2D eigenvalue weighted by Gasteiger charge is -2.28. The van der Waals surface area contributed by atoms with Crippen LogP contribution in [0.15, 0.2) is 47.1 Å². The molecule has 1 aliphatic rings. The Balaban J connectivity index is 1.45. The maximum atomic E-state index is 13.8. The number of nitrogens with zero attached hydrogens (tertiary/aromatic N) is 4. The minimum Gasteiger partial charge on any atom is -0.494 e. The first-order valence-electron chi connectivity index (χ1n) is 13.7. The lowest BCUT2D eigenvalue weighted by Crippen LogP contribution is -2.39. The van der Waals surface area contributed by atoms with E-state index >= 15 is 0 Å². The molecule has 3 heterocycles. The van der Waals surface area contributed by atoms with Gasteiger partial charge in [0.1, 0.15) is 23.2 Å². The number of imidazole rings is 1. The standard InChI is InChI=1S/C29H39N5O6/c1-18(2)26(24-15-25(38-5)32-40-24)29(37)34-17-20(35)14-23(34)27-30-16-22(31-27)28(36)33(19(3)4)12-9-13-39-21-10-7-6-8-11-21/h6-8,10-11,15-16,18-20,23,26,35H,9,12-14,17H2,1-5H3,(H,30,31)/t20-,23+,26?/m1/s1. The fraction of sp³-hybridized carbons (Fsp3) is 0.517. The predicted molar refractivity (Wildman–Crippen MR) is 147 cm³/mol. The van der Waals surface area contributed by atoms with Crippen molar-refractivity contribution in [1.82, 2.24) is 24.9 Å². The third-order valence-electron chi connectivity index (χ3n) is 7.10. The molecule has 3 aromatic rings. The number of methoxy groups -OCH3 is 1. The van der Waals surface area contributed by atoms with Crippen LogP contribution in [-0.4, -0.2) is 80.8 Å². The Morgan fingerprint density at radius 1 is 1.23 bits per heavy atom. The minimum atomic E-state index is -0.716. The van der Waals surface area contributed by atoms with E-state index in [1.165, 1.54) is 13.3 Å².